The van der Waals surface area contributed by atoms with Crippen molar-refractivity contribution in [3.63, 3.8) is 0 Å². The van der Waals surface area contributed by atoms with Gasteiger partial charge in [-0.05, 0) is 31.7 Å². The molecule has 0 radical (unpaired) electrons. The summed E-state index contributed by atoms with van der Waals surface area (Å²) in [5.74, 6) is 0.718. The first-order valence-electron chi connectivity index (χ1n) is 5.79. The van der Waals surface area contributed by atoms with Gasteiger partial charge in [-0.1, -0.05) is 6.92 Å². The third-order valence-corrected chi connectivity index (χ3v) is 2.47. The predicted molar refractivity (Wildman–Crippen MR) is 57.5 cm³/mol. The number of nitrogens with one attached hydrogen (secondary N) is 1. The van der Waals surface area contributed by atoms with Crippen LogP contribution >= 0.6 is 0 Å². The summed E-state index contributed by atoms with van der Waals surface area (Å²) in [6, 6.07) is 0. The Kier molecular flexibility index (Phi) is 7.01. The maximum Gasteiger partial charge on any atom is 0.0700 e. The maximum absolute atomic E-state index is 5.55. The first kappa shape index (κ1) is 12.0. The molecular formula is C11H23NO2. The molecule has 0 bridgehead atoms. The molecule has 1 heterocycles. The van der Waals surface area contributed by atoms with Crippen molar-refractivity contribution >= 4 is 0 Å². The van der Waals surface area contributed by atoms with Gasteiger partial charge in [-0.3, -0.25) is 0 Å². The van der Waals surface area contributed by atoms with Crippen LogP contribution in [0.1, 0.15) is 26.2 Å². The quantitative estimate of drug-likeness (QED) is 0.632. The predicted octanol–water partition coefficient (Wildman–Crippen LogP) is 1.43. The van der Waals surface area contributed by atoms with Crippen molar-refractivity contribution in [2.45, 2.75) is 26.2 Å². The van der Waals surface area contributed by atoms with Gasteiger partial charge in [0, 0.05) is 13.2 Å². The molecule has 0 amide bonds. The third kappa shape index (κ3) is 5.58. The molecule has 1 aliphatic heterocycles. The average Bonchev–Trinajstić information content (AvgIpc) is 2.25. The number of hydrogen-bond donors (Lipinski definition) is 1. The lowest BCUT2D eigenvalue weighted by molar-refractivity contribution is 0.0301. The van der Waals surface area contributed by atoms with Crippen molar-refractivity contribution in [3.05, 3.63) is 0 Å². The van der Waals surface area contributed by atoms with Crippen molar-refractivity contribution in [1.82, 2.24) is 5.32 Å². The topological polar surface area (TPSA) is 30.5 Å². The lowest BCUT2D eigenvalue weighted by atomic mass is 10.0. The van der Waals surface area contributed by atoms with E-state index in [1.165, 1.54) is 19.4 Å². The molecule has 3 nitrogen and oxygen atoms in total. The van der Waals surface area contributed by atoms with Gasteiger partial charge >= 0.3 is 0 Å². The van der Waals surface area contributed by atoms with Gasteiger partial charge < -0.3 is 14.8 Å². The van der Waals surface area contributed by atoms with Gasteiger partial charge in [-0.15, -0.1) is 0 Å². The number of piperidine rings is 1. The molecule has 1 rings (SSSR count). The molecule has 0 aromatic heterocycles. The van der Waals surface area contributed by atoms with E-state index in [2.05, 4.69) is 12.2 Å². The highest BCUT2D eigenvalue weighted by molar-refractivity contribution is 4.67. The largest absolute Gasteiger partial charge is 0.379 e. The lowest BCUT2D eigenvalue weighted by Gasteiger charge is -2.22. The van der Waals surface area contributed by atoms with Gasteiger partial charge in [0.25, 0.3) is 0 Å². The van der Waals surface area contributed by atoms with E-state index in [0.29, 0.717) is 0 Å². The second-order valence-corrected chi connectivity index (χ2v) is 3.90. The summed E-state index contributed by atoms with van der Waals surface area (Å²) in [7, 11) is 0. The van der Waals surface area contributed by atoms with Crippen molar-refractivity contribution < 1.29 is 9.47 Å². The van der Waals surface area contributed by atoms with E-state index in [0.717, 1.165) is 45.3 Å². The molecule has 1 atom stereocenters. The molecule has 84 valence electrons. The SMILES string of the molecule is CCCOCCOC[C@@H]1CCCNC1. The van der Waals surface area contributed by atoms with E-state index in [1.807, 2.05) is 0 Å². The van der Waals surface area contributed by atoms with E-state index in [9.17, 15) is 0 Å². The Morgan fingerprint density at radius 3 is 2.79 bits per heavy atom. The number of hydrogen-bond acceptors (Lipinski definition) is 3. The monoisotopic (exact) mass is 201 g/mol. The summed E-state index contributed by atoms with van der Waals surface area (Å²) in [5.41, 5.74) is 0. The van der Waals surface area contributed by atoms with Crippen LogP contribution in [0.4, 0.5) is 0 Å². The first-order valence-corrected chi connectivity index (χ1v) is 5.79. The molecular weight excluding hydrogens is 178 g/mol. The second-order valence-electron chi connectivity index (χ2n) is 3.90. The highest BCUT2D eigenvalue weighted by Gasteiger charge is 2.12. The van der Waals surface area contributed by atoms with Crippen LogP contribution in [0.5, 0.6) is 0 Å². The van der Waals surface area contributed by atoms with E-state index < -0.39 is 0 Å². The normalized spacial score (nSPS) is 22.5. The van der Waals surface area contributed by atoms with Gasteiger partial charge in [0.2, 0.25) is 0 Å². The first-order chi connectivity index (χ1) is 6.93. The summed E-state index contributed by atoms with van der Waals surface area (Å²) in [6.45, 7) is 7.65. The van der Waals surface area contributed by atoms with E-state index in [1.54, 1.807) is 0 Å². The molecule has 3 heteroatoms. The van der Waals surface area contributed by atoms with Crippen LogP contribution in [0.25, 0.3) is 0 Å². The number of rotatable bonds is 7. The van der Waals surface area contributed by atoms with Gasteiger partial charge in [-0.2, -0.15) is 0 Å². The standard InChI is InChI=1S/C11H23NO2/c1-2-6-13-7-8-14-10-11-4-3-5-12-9-11/h11-12H,2-10H2,1H3/t11-/m1/s1. The second kappa shape index (κ2) is 8.21. The van der Waals surface area contributed by atoms with E-state index in [-0.39, 0.29) is 0 Å². The fraction of sp³-hybridized carbons (Fsp3) is 1.00. The molecule has 0 spiro atoms. The highest BCUT2D eigenvalue weighted by atomic mass is 16.5. The Balaban J connectivity index is 1.82. The molecule has 1 aliphatic rings. The van der Waals surface area contributed by atoms with Crippen molar-refractivity contribution in [3.8, 4) is 0 Å². The lowest BCUT2D eigenvalue weighted by Crippen LogP contribution is -2.32. The molecule has 1 saturated heterocycles. The Bertz CT molecular complexity index is 124. The molecule has 0 unspecified atom stereocenters. The zero-order chi connectivity index (χ0) is 10.1. The minimum atomic E-state index is 0.718. The van der Waals surface area contributed by atoms with Crippen LogP contribution in [-0.2, 0) is 9.47 Å². The zero-order valence-corrected chi connectivity index (χ0v) is 9.26. The van der Waals surface area contributed by atoms with E-state index >= 15 is 0 Å². The fourth-order valence-electron chi connectivity index (χ4n) is 1.68. The third-order valence-electron chi connectivity index (χ3n) is 2.47. The minimum absolute atomic E-state index is 0.718. The van der Waals surface area contributed by atoms with Crippen molar-refractivity contribution in [2.75, 3.05) is 39.5 Å². The molecule has 0 saturated carbocycles. The molecule has 0 aliphatic carbocycles. The fourth-order valence-corrected chi connectivity index (χ4v) is 1.68. The summed E-state index contributed by atoms with van der Waals surface area (Å²) in [6.07, 6.45) is 3.69. The summed E-state index contributed by atoms with van der Waals surface area (Å²) < 4.78 is 10.9. The molecule has 0 aromatic rings. The van der Waals surface area contributed by atoms with Crippen LogP contribution in [0.3, 0.4) is 0 Å². The van der Waals surface area contributed by atoms with Crippen LogP contribution in [0.2, 0.25) is 0 Å². The Morgan fingerprint density at radius 1 is 1.21 bits per heavy atom. The average molecular weight is 201 g/mol. The van der Waals surface area contributed by atoms with E-state index in [4.69, 9.17) is 9.47 Å². The van der Waals surface area contributed by atoms with Crippen LogP contribution in [0, 0.1) is 5.92 Å². The molecule has 1 N–H and O–H groups in total. The van der Waals surface area contributed by atoms with Gasteiger partial charge in [-0.25, -0.2) is 0 Å². The van der Waals surface area contributed by atoms with Gasteiger partial charge in [0.05, 0.1) is 19.8 Å². The Hall–Kier alpha value is -0.120. The highest BCUT2D eigenvalue weighted by Crippen LogP contribution is 2.09. The minimum Gasteiger partial charge on any atom is -0.379 e. The smallest absolute Gasteiger partial charge is 0.0700 e. The maximum atomic E-state index is 5.55. The van der Waals surface area contributed by atoms with Crippen molar-refractivity contribution in [1.29, 1.82) is 0 Å². The Labute approximate surface area is 87.2 Å². The van der Waals surface area contributed by atoms with Crippen molar-refractivity contribution in [2.24, 2.45) is 5.92 Å². The van der Waals surface area contributed by atoms with Crippen LogP contribution in [-0.4, -0.2) is 39.5 Å². The molecule has 14 heavy (non-hydrogen) atoms. The van der Waals surface area contributed by atoms with Gasteiger partial charge in [0.1, 0.15) is 0 Å². The summed E-state index contributed by atoms with van der Waals surface area (Å²) >= 11 is 0. The molecule has 0 aromatic carbocycles. The summed E-state index contributed by atoms with van der Waals surface area (Å²) in [5, 5.41) is 3.38. The van der Waals surface area contributed by atoms with Gasteiger partial charge in [0.15, 0.2) is 0 Å². The Morgan fingerprint density at radius 2 is 2.07 bits per heavy atom. The number of ether oxygens (including phenoxy) is 2. The van der Waals surface area contributed by atoms with Crippen LogP contribution < -0.4 is 5.32 Å². The van der Waals surface area contributed by atoms with Crippen LogP contribution in [0.15, 0.2) is 0 Å². The zero-order valence-electron chi connectivity index (χ0n) is 9.26. The summed E-state index contributed by atoms with van der Waals surface area (Å²) in [4.78, 5) is 0. The molecule has 1 fully saturated rings.